The van der Waals surface area contributed by atoms with Gasteiger partial charge >= 0.3 is 11.8 Å². The molecule has 0 aliphatic carbocycles. The number of nitriles is 1. The Labute approximate surface area is 151 Å². The smallest absolute Gasteiger partial charge is 0.397 e. The molecule has 130 valence electrons. The minimum atomic E-state index is 0.288. The second-order valence-electron chi connectivity index (χ2n) is 5.91. The molecule has 0 aliphatic rings. The summed E-state index contributed by atoms with van der Waals surface area (Å²) in [4.78, 5) is 7.37. The van der Waals surface area contributed by atoms with Crippen molar-refractivity contribution in [2.45, 2.75) is 13.8 Å². The van der Waals surface area contributed by atoms with Crippen LogP contribution in [0.15, 0.2) is 42.6 Å². The van der Waals surface area contributed by atoms with Crippen molar-refractivity contribution in [1.82, 2.24) is 4.98 Å². The van der Waals surface area contributed by atoms with Crippen molar-refractivity contribution in [3.05, 3.63) is 59.3 Å². The van der Waals surface area contributed by atoms with E-state index in [-0.39, 0.29) is 5.88 Å². The highest BCUT2D eigenvalue weighted by atomic mass is 16.5. The van der Waals surface area contributed by atoms with Crippen molar-refractivity contribution in [3.63, 3.8) is 0 Å². The van der Waals surface area contributed by atoms with Gasteiger partial charge in [-0.25, -0.2) is 10.3 Å². The van der Waals surface area contributed by atoms with Crippen LogP contribution in [0.4, 0.5) is 23.0 Å². The number of aryl methyl sites for hydroxylation is 2. The molecule has 2 aromatic carbocycles. The molecule has 7 heteroatoms. The van der Waals surface area contributed by atoms with E-state index in [1.807, 2.05) is 26.0 Å². The Morgan fingerprint density at radius 2 is 1.77 bits per heavy atom. The van der Waals surface area contributed by atoms with E-state index in [1.54, 1.807) is 30.5 Å². The number of hydrogen-bond acceptors (Lipinski definition) is 6. The quantitative estimate of drug-likeness (QED) is 0.623. The first-order valence-electron chi connectivity index (χ1n) is 7.96. The predicted molar refractivity (Wildman–Crippen MR) is 100 cm³/mol. The second-order valence-corrected chi connectivity index (χ2v) is 5.91. The van der Waals surface area contributed by atoms with Gasteiger partial charge in [0.2, 0.25) is 0 Å². The maximum atomic E-state index is 8.86. The van der Waals surface area contributed by atoms with E-state index in [2.05, 4.69) is 21.4 Å². The number of aromatic nitrogens is 2. The number of hydrogen-bond donors (Lipinski definition) is 3. The summed E-state index contributed by atoms with van der Waals surface area (Å²) in [6, 6.07) is 12.8. The molecular formula is C19H19N6O+. The maximum absolute atomic E-state index is 8.86. The van der Waals surface area contributed by atoms with Crippen molar-refractivity contribution in [1.29, 1.82) is 5.26 Å². The summed E-state index contributed by atoms with van der Waals surface area (Å²) >= 11 is 0. The van der Waals surface area contributed by atoms with Gasteiger partial charge < -0.3 is 16.2 Å². The molecule has 1 heterocycles. The number of nitrogens with zero attached hydrogens (tertiary/aromatic N) is 2. The van der Waals surface area contributed by atoms with Gasteiger partial charge in [0.05, 0.1) is 23.5 Å². The zero-order chi connectivity index (χ0) is 18.7. The van der Waals surface area contributed by atoms with Gasteiger partial charge in [0.25, 0.3) is 0 Å². The molecule has 26 heavy (non-hydrogen) atoms. The Balaban J connectivity index is 1.87. The molecule has 0 saturated heterocycles. The number of nitrogen functional groups attached to an aromatic ring is 2. The van der Waals surface area contributed by atoms with E-state index in [4.69, 9.17) is 21.5 Å². The monoisotopic (exact) mass is 347 g/mol. The third-order valence-corrected chi connectivity index (χ3v) is 3.78. The maximum Gasteiger partial charge on any atom is 0.397 e. The summed E-state index contributed by atoms with van der Waals surface area (Å²) < 4.78 is 5.95. The minimum absolute atomic E-state index is 0.288. The zero-order valence-electron chi connectivity index (χ0n) is 14.5. The molecule has 0 aliphatic heterocycles. The fourth-order valence-electron chi connectivity index (χ4n) is 2.56. The van der Waals surface area contributed by atoms with Gasteiger partial charge in [-0.15, -0.1) is 0 Å². The third kappa shape index (κ3) is 3.65. The van der Waals surface area contributed by atoms with Crippen LogP contribution in [0.25, 0.3) is 0 Å². The van der Waals surface area contributed by atoms with Gasteiger partial charge in [-0.1, -0.05) is 0 Å². The van der Waals surface area contributed by atoms with Crippen LogP contribution in [-0.4, -0.2) is 4.98 Å². The van der Waals surface area contributed by atoms with Crippen molar-refractivity contribution < 1.29 is 9.72 Å². The molecular weight excluding hydrogens is 328 g/mol. The molecule has 7 nitrogen and oxygen atoms in total. The van der Waals surface area contributed by atoms with Crippen LogP contribution in [0.1, 0.15) is 16.7 Å². The second kappa shape index (κ2) is 6.99. The molecule has 0 unspecified atom stereocenters. The summed E-state index contributed by atoms with van der Waals surface area (Å²) in [6.07, 6.45) is 1.61. The summed E-state index contributed by atoms with van der Waals surface area (Å²) in [5, 5.41) is 12.0. The highest BCUT2D eigenvalue weighted by Gasteiger charge is 2.17. The Kier molecular flexibility index (Phi) is 4.58. The van der Waals surface area contributed by atoms with Crippen molar-refractivity contribution >= 4 is 23.0 Å². The predicted octanol–water partition coefficient (Wildman–Crippen LogP) is 3.08. The van der Waals surface area contributed by atoms with E-state index >= 15 is 0 Å². The first kappa shape index (κ1) is 17.0. The Hall–Kier alpha value is -3.79. The van der Waals surface area contributed by atoms with Gasteiger partial charge in [0, 0.05) is 5.69 Å². The number of rotatable bonds is 4. The fourth-order valence-corrected chi connectivity index (χ4v) is 2.56. The molecule has 0 saturated carbocycles. The van der Waals surface area contributed by atoms with Crippen molar-refractivity contribution in [2.24, 2.45) is 0 Å². The third-order valence-electron chi connectivity index (χ3n) is 3.78. The van der Waals surface area contributed by atoms with E-state index < -0.39 is 0 Å². The lowest BCUT2D eigenvalue weighted by molar-refractivity contribution is -0.363. The van der Waals surface area contributed by atoms with Crippen LogP contribution < -0.4 is 26.5 Å². The highest BCUT2D eigenvalue weighted by molar-refractivity contribution is 5.57. The van der Waals surface area contributed by atoms with Gasteiger partial charge in [-0.05, 0) is 66.4 Å². The molecule has 0 amide bonds. The topological polar surface area (TPSA) is 124 Å². The molecule has 0 atom stereocenters. The highest BCUT2D eigenvalue weighted by Crippen LogP contribution is 2.32. The molecule has 1 aromatic heterocycles. The van der Waals surface area contributed by atoms with Gasteiger partial charge in [-0.3, -0.25) is 0 Å². The number of anilines is 4. The Morgan fingerprint density at radius 3 is 2.38 bits per heavy atom. The first-order chi connectivity index (χ1) is 12.5. The van der Waals surface area contributed by atoms with Crippen LogP contribution >= 0.6 is 0 Å². The number of aromatic amines is 1. The molecule has 0 radical (unpaired) electrons. The van der Waals surface area contributed by atoms with E-state index in [1.165, 1.54) is 0 Å². The lowest BCUT2D eigenvalue weighted by atomic mass is 10.1. The van der Waals surface area contributed by atoms with Gasteiger partial charge in [-0.2, -0.15) is 5.26 Å². The van der Waals surface area contributed by atoms with Crippen molar-refractivity contribution in [3.8, 4) is 17.7 Å². The molecule has 0 bridgehead atoms. The summed E-state index contributed by atoms with van der Waals surface area (Å²) in [7, 11) is 0. The number of nitrogens with one attached hydrogen (secondary N) is 2. The average molecular weight is 347 g/mol. The number of nitrogens with two attached hydrogens (primary N) is 2. The zero-order valence-corrected chi connectivity index (χ0v) is 14.5. The fraction of sp³-hybridized carbons (Fsp3) is 0.105. The lowest BCUT2D eigenvalue weighted by Gasteiger charge is -2.11. The van der Waals surface area contributed by atoms with E-state index in [0.717, 1.165) is 16.8 Å². The largest absolute Gasteiger partial charge is 0.424 e. The summed E-state index contributed by atoms with van der Waals surface area (Å²) in [5.41, 5.74) is 16.1. The number of benzene rings is 2. The number of ether oxygens (including phenoxy) is 1. The average Bonchev–Trinajstić information content (AvgIpc) is 2.61. The standard InChI is InChI=1S/C19H18N6O/c1-11-7-14(21)8-12(2)17(11)26-18-16(22)10-23-19(25-18)24-15-5-3-13(9-20)4-6-15/h3-8,10H,21-22H2,1-2H3,(H,23,24,25)/p+1. The summed E-state index contributed by atoms with van der Waals surface area (Å²) in [6.45, 7) is 3.83. The lowest BCUT2D eigenvalue weighted by Crippen LogP contribution is -2.14. The molecule has 6 N–H and O–H groups in total. The minimum Gasteiger partial charge on any atom is -0.424 e. The van der Waals surface area contributed by atoms with E-state index in [0.29, 0.717) is 28.6 Å². The summed E-state index contributed by atoms with van der Waals surface area (Å²) in [5.74, 6) is 1.43. The normalized spacial score (nSPS) is 10.2. The van der Waals surface area contributed by atoms with Gasteiger partial charge in [0.15, 0.2) is 0 Å². The molecule has 0 fully saturated rings. The number of H-pyrrole nitrogens is 1. The van der Waals surface area contributed by atoms with Crippen LogP contribution in [0.2, 0.25) is 0 Å². The van der Waals surface area contributed by atoms with Crippen LogP contribution in [0, 0.1) is 25.2 Å². The Bertz CT molecular complexity index is 969. The van der Waals surface area contributed by atoms with E-state index in [9.17, 15) is 0 Å². The SMILES string of the molecule is Cc1cc(N)cc(C)c1Oc1nc(Nc2ccc(C#N)cc2)[nH+]cc1N. The Morgan fingerprint density at radius 1 is 1.12 bits per heavy atom. The van der Waals surface area contributed by atoms with Crippen molar-refractivity contribution in [2.75, 3.05) is 16.8 Å². The van der Waals surface area contributed by atoms with Gasteiger partial charge in [0.1, 0.15) is 11.4 Å². The molecule has 3 aromatic rings. The first-order valence-corrected chi connectivity index (χ1v) is 7.96. The van der Waals surface area contributed by atoms with Crippen LogP contribution in [-0.2, 0) is 0 Å². The molecule has 3 rings (SSSR count). The van der Waals surface area contributed by atoms with Crippen LogP contribution in [0.5, 0.6) is 11.6 Å². The molecule has 0 spiro atoms. The van der Waals surface area contributed by atoms with Crippen LogP contribution in [0.3, 0.4) is 0 Å².